The maximum Gasteiger partial charge on any atom is 0.0783 e. The Morgan fingerprint density at radius 2 is 2.20 bits per heavy atom. The average Bonchev–Trinajstić information content (AvgIpc) is 2.14. The Morgan fingerprint density at radius 3 is 2.80 bits per heavy atom. The van der Waals surface area contributed by atoms with Crippen molar-refractivity contribution < 1.29 is 5.11 Å². The van der Waals surface area contributed by atoms with E-state index in [1.54, 1.807) is 0 Å². The Balaban J connectivity index is 2.60. The van der Waals surface area contributed by atoms with Crippen LogP contribution in [0.4, 0.5) is 0 Å². The third kappa shape index (κ3) is 4.78. The molecule has 2 nitrogen and oxygen atoms in total. The van der Waals surface area contributed by atoms with Crippen LogP contribution >= 0.6 is 15.9 Å². The lowest BCUT2D eigenvalue weighted by atomic mass is 9.96. The first-order valence-electron chi connectivity index (χ1n) is 5.21. The SMILES string of the molecule is CCNCC(C)(O)Cc1cccc(Br)c1. The summed E-state index contributed by atoms with van der Waals surface area (Å²) in [4.78, 5) is 0. The molecule has 1 aromatic carbocycles. The zero-order valence-electron chi connectivity index (χ0n) is 9.26. The van der Waals surface area contributed by atoms with Crippen molar-refractivity contribution >= 4 is 15.9 Å². The quantitative estimate of drug-likeness (QED) is 0.862. The first-order valence-corrected chi connectivity index (χ1v) is 6.00. The van der Waals surface area contributed by atoms with Gasteiger partial charge in [-0.05, 0) is 31.2 Å². The lowest BCUT2D eigenvalue weighted by molar-refractivity contribution is 0.0607. The molecule has 1 aromatic rings. The summed E-state index contributed by atoms with van der Waals surface area (Å²) in [5.41, 5.74) is 0.462. The predicted molar refractivity (Wildman–Crippen MR) is 67.0 cm³/mol. The van der Waals surface area contributed by atoms with E-state index in [2.05, 4.69) is 21.2 Å². The molecule has 1 unspecified atom stereocenters. The fourth-order valence-corrected chi connectivity index (χ4v) is 1.99. The van der Waals surface area contributed by atoms with E-state index in [0.717, 1.165) is 16.6 Å². The van der Waals surface area contributed by atoms with E-state index in [4.69, 9.17) is 0 Å². The van der Waals surface area contributed by atoms with Crippen LogP contribution in [0, 0.1) is 0 Å². The first-order chi connectivity index (χ1) is 7.03. The van der Waals surface area contributed by atoms with Gasteiger partial charge in [0, 0.05) is 17.4 Å². The number of aliphatic hydroxyl groups is 1. The van der Waals surface area contributed by atoms with Crippen LogP contribution in [-0.4, -0.2) is 23.8 Å². The smallest absolute Gasteiger partial charge is 0.0783 e. The molecule has 0 heterocycles. The van der Waals surface area contributed by atoms with Gasteiger partial charge in [0.05, 0.1) is 5.60 Å². The predicted octanol–water partition coefficient (Wildman–Crippen LogP) is 2.35. The van der Waals surface area contributed by atoms with Gasteiger partial charge in [0.2, 0.25) is 0 Å². The molecule has 0 saturated heterocycles. The Kier molecular flexibility index (Phi) is 4.77. The van der Waals surface area contributed by atoms with Crippen molar-refractivity contribution in [2.45, 2.75) is 25.9 Å². The number of nitrogens with one attached hydrogen (secondary N) is 1. The number of hydrogen-bond acceptors (Lipinski definition) is 2. The molecule has 84 valence electrons. The Bertz CT molecular complexity index is 312. The summed E-state index contributed by atoms with van der Waals surface area (Å²) in [6.45, 7) is 5.40. The van der Waals surface area contributed by atoms with Gasteiger partial charge >= 0.3 is 0 Å². The highest BCUT2D eigenvalue weighted by Crippen LogP contribution is 2.16. The topological polar surface area (TPSA) is 32.3 Å². The standard InChI is InChI=1S/C12H18BrNO/c1-3-14-9-12(2,15)8-10-5-4-6-11(13)7-10/h4-7,14-15H,3,8-9H2,1-2H3. The molecule has 1 rings (SSSR count). The molecule has 0 radical (unpaired) electrons. The first kappa shape index (κ1) is 12.7. The maximum absolute atomic E-state index is 10.1. The molecular formula is C12H18BrNO. The van der Waals surface area contributed by atoms with E-state index < -0.39 is 5.60 Å². The molecule has 3 heteroatoms. The van der Waals surface area contributed by atoms with Crippen LogP contribution in [0.5, 0.6) is 0 Å². The minimum absolute atomic E-state index is 0.621. The normalized spacial score (nSPS) is 14.9. The van der Waals surface area contributed by atoms with Crippen molar-refractivity contribution in [3.05, 3.63) is 34.3 Å². The lowest BCUT2D eigenvalue weighted by Gasteiger charge is -2.23. The minimum atomic E-state index is -0.684. The van der Waals surface area contributed by atoms with Crippen LogP contribution in [0.2, 0.25) is 0 Å². The number of halogens is 1. The van der Waals surface area contributed by atoms with Crippen molar-refractivity contribution in [2.24, 2.45) is 0 Å². The van der Waals surface area contributed by atoms with Crippen molar-refractivity contribution in [1.29, 1.82) is 0 Å². The van der Waals surface area contributed by atoms with Crippen molar-refractivity contribution in [1.82, 2.24) is 5.32 Å². The summed E-state index contributed by atoms with van der Waals surface area (Å²) < 4.78 is 1.05. The molecule has 0 aromatic heterocycles. The Labute approximate surface area is 99.8 Å². The van der Waals surface area contributed by atoms with Gasteiger partial charge in [0.1, 0.15) is 0 Å². The van der Waals surface area contributed by atoms with Crippen molar-refractivity contribution in [3.8, 4) is 0 Å². The molecule has 0 aliphatic heterocycles. The molecule has 1 atom stereocenters. The zero-order valence-corrected chi connectivity index (χ0v) is 10.8. The van der Waals surface area contributed by atoms with E-state index in [1.807, 2.05) is 38.1 Å². The lowest BCUT2D eigenvalue weighted by Crippen LogP contribution is -2.39. The second kappa shape index (κ2) is 5.64. The van der Waals surface area contributed by atoms with Crippen LogP contribution < -0.4 is 5.32 Å². The van der Waals surface area contributed by atoms with Gasteiger partial charge in [-0.2, -0.15) is 0 Å². The monoisotopic (exact) mass is 271 g/mol. The molecule has 15 heavy (non-hydrogen) atoms. The fourth-order valence-electron chi connectivity index (χ4n) is 1.54. The summed E-state index contributed by atoms with van der Waals surface area (Å²) in [5, 5.41) is 13.3. The van der Waals surface area contributed by atoms with Crippen LogP contribution in [0.25, 0.3) is 0 Å². The van der Waals surface area contributed by atoms with Gasteiger partial charge in [-0.3, -0.25) is 0 Å². The van der Waals surface area contributed by atoms with Crippen LogP contribution in [-0.2, 0) is 6.42 Å². The third-order valence-corrected chi connectivity index (χ3v) is 2.72. The second-order valence-electron chi connectivity index (χ2n) is 4.08. The van der Waals surface area contributed by atoms with Crippen molar-refractivity contribution in [3.63, 3.8) is 0 Å². The van der Waals surface area contributed by atoms with E-state index >= 15 is 0 Å². The van der Waals surface area contributed by atoms with Gasteiger partial charge in [0.15, 0.2) is 0 Å². The molecule has 0 spiro atoms. The second-order valence-corrected chi connectivity index (χ2v) is 5.00. The third-order valence-electron chi connectivity index (χ3n) is 2.23. The number of hydrogen-bond donors (Lipinski definition) is 2. The largest absolute Gasteiger partial charge is 0.389 e. The summed E-state index contributed by atoms with van der Waals surface area (Å²) in [5.74, 6) is 0. The van der Waals surface area contributed by atoms with Crippen LogP contribution in [0.3, 0.4) is 0 Å². The minimum Gasteiger partial charge on any atom is -0.389 e. The summed E-state index contributed by atoms with van der Waals surface area (Å²) in [6.07, 6.45) is 0.666. The fraction of sp³-hybridized carbons (Fsp3) is 0.500. The van der Waals surface area contributed by atoms with E-state index in [1.165, 1.54) is 0 Å². The summed E-state index contributed by atoms with van der Waals surface area (Å²) in [7, 11) is 0. The highest BCUT2D eigenvalue weighted by atomic mass is 79.9. The molecule has 0 aliphatic rings. The highest BCUT2D eigenvalue weighted by molar-refractivity contribution is 9.10. The van der Waals surface area contributed by atoms with Crippen LogP contribution in [0.1, 0.15) is 19.4 Å². The Morgan fingerprint density at radius 1 is 1.47 bits per heavy atom. The van der Waals surface area contributed by atoms with Gasteiger partial charge in [-0.1, -0.05) is 35.0 Å². The Hall–Kier alpha value is -0.380. The van der Waals surface area contributed by atoms with E-state index in [9.17, 15) is 5.11 Å². The van der Waals surface area contributed by atoms with E-state index in [0.29, 0.717) is 13.0 Å². The molecule has 0 aliphatic carbocycles. The zero-order chi connectivity index (χ0) is 11.3. The molecule has 0 saturated carbocycles. The number of benzene rings is 1. The molecule has 2 N–H and O–H groups in total. The van der Waals surface area contributed by atoms with Gasteiger partial charge < -0.3 is 10.4 Å². The summed E-state index contributed by atoms with van der Waals surface area (Å²) in [6, 6.07) is 8.05. The number of likely N-dealkylation sites (N-methyl/N-ethyl adjacent to an activating group) is 1. The average molecular weight is 272 g/mol. The number of rotatable bonds is 5. The maximum atomic E-state index is 10.1. The highest BCUT2D eigenvalue weighted by Gasteiger charge is 2.19. The van der Waals surface area contributed by atoms with Gasteiger partial charge in [-0.25, -0.2) is 0 Å². The summed E-state index contributed by atoms with van der Waals surface area (Å²) >= 11 is 3.43. The molecule has 0 bridgehead atoms. The van der Waals surface area contributed by atoms with Gasteiger partial charge in [0.25, 0.3) is 0 Å². The van der Waals surface area contributed by atoms with Crippen LogP contribution in [0.15, 0.2) is 28.7 Å². The molecule has 0 fully saturated rings. The molecule has 0 amide bonds. The van der Waals surface area contributed by atoms with Crippen molar-refractivity contribution in [2.75, 3.05) is 13.1 Å². The van der Waals surface area contributed by atoms with E-state index in [-0.39, 0.29) is 0 Å². The van der Waals surface area contributed by atoms with Gasteiger partial charge in [-0.15, -0.1) is 0 Å². The molecular weight excluding hydrogens is 254 g/mol.